The van der Waals surface area contributed by atoms with Gasteiger partial charge in [-0.25, -0.2) is 13.1 Å². The molecule has 0 aliphatic carbocycles. The number of hydrogen-bond donors (Lipinski definition) is 1. The average molecular weight is 326 g/mol. The van der Waals surface area contributed by atoms with Crippen molar-refractivity contribution in [2.75, 3.05) is 26.7 Å². The third-order valence-electron chi connectivity index (χ3n) is 4.26. The van der Waals surface area contributed by atoms with E-state index >= 15 is 0 Å². The van der Waals surface area contributed by atoms with E-state index in [1.807, 2.05) is 6.92 Å². The first kappa shape index (κ1) is 17.2. The van der Waals surface area contributed by atoms with Gasteiger partial charge in [-0.05, 0) is 63.5 Å². The van der Waals surface area contributed by atoms with Gasteiger partial charge >= 0.3 is 0 Å². The summed E-state index contributed by atoms with van der Waals surface area (Å²) in [5.41, 5.74) is 0.814. The summed E-state index contributed by atoms with van der Waals surface area (Å²) in [7, 11) is -1.90. The predicted molar refractivity (Wildman–Crippen MR) is 87.8 cm³/mol. The lowest BCUT2D eigenvalue weighted by molar-refractivity contribution is 0.175. The Labute approximate surface area is 133 Å². The summed E-state index contributed by atoms with van der Waals surface area (Å²) in [5.74, 6) is 0.695. The van der Waals surface area contributed by atoms with Gasteiger partial charge in [0.25, 0.3) is 0 Å². The Bertz CT molecular complexity index is 595. The van der Waals surface area contributed by atoms with Crippen LogP contribution in [0.2, 0.25) is 0 Å². The zero-order valence-corrected chi connectivity index (χ0v) is 14.4. The lowest BCUT2D eigenvalue weighted by Gasteiger charge is -2.32. The Morgan fingerprint density at radius 3 is 2.55 bits per heavy atom. The molecule has 22 heavy (non-hydrogen) atoms. The van der Waals surface area contributed by atoms with E-state index in [2.05, 4.69) is 16.5 Å². The number of ether oxygens (including phenoxy) is 1. The van der Waals surface area contributed by atoms with Gasteiger partial charge in [0.2, 0.25) is 10.0 Å². The minimum absolute atomic E-state index is 0.217. The number of hydrogen-bond acceptors (Lipinski definition) is 4. The van der Waals surface area contributed by atoms with Gasteiger partial charge in [0.1, 0.15) is 5.75 Å². The van der Waals surface area contributed by atoms with E-state index in [4.69, 9.17) is 4.74 Å². The molecule has 5 nitrogen and oxygen atoms in total. The molecule has 6 heteroatoms. The molecule has 1 unspecified atom stereocenters. The molecular formula is C16H26N2O3S. The predicted octanol–water partition coefficient (Wildman–Crippen LogP) is 2.16. The largest absolute Gasteiger partial charge is 0.496 e. The Kier molecular flexibility index (Phi) is 5.83. The van der Waals surface area contributed by atoms with Crippen LogP contribution >= 0.6 is 0 Å². The van der Waals surface area contributed by atoms with Gasteiger partial charge in [0, 0.05) is 12.6 Å². The van der Waals surface area contributed by atoms with Crippen molar-refractivity contribution in [3.8, 4) is 5.75 Å². The number of methoxy groups -OCH3 is 1. The molecule has 0 spiro atoms. The second kappa shape index (κ2) is 7.44. The molecule has 0 saturated carbocycles. The lowest BCUT2D eigenvalue weighted by Crippen LogP contribution is -2.44. The Balaban J connectivity index is 1.99. The van der Waals surface area contributed by atoms with Crippen molar-refractivity contribution >= 4 is 10.0 Å². The van der Waals surface area contributed by atoms with Crippen molar-refractivity contribution in [1.29, 1.82) is 0 Å². The molecule has 1 atom stereocenters. The summed E-state index contributed by atoms with van der Waals surface area (Å²) >= 11 is 0. The van der Waals surface area contributed by atoms with Gasteiger partial charge in [-0.15, -0.1) is 0 Å². The van der Waals surface area contributed by atoms with Crippen LogP contribution in [0.1, 0.15) is 31.7 Å². The zero-order chi connectivity index (χ0) is 16.2. The maximum Gasteiger partial charge on any atom is 0.240 e. The molecule has 0 radical (unpaired) electrons. The first-order chi connectivity index (χ1) is 10.4. The minimum atomic E-state index is -3.47. The number of rotatable bonds is 6. The topological polar surface area (TPSA) is 58.6 Å². The van der Waals surface area contributed by atoms with Crippen molar-refractivity contribution in [2.24, 2.45) is 0 Å². The zero-order valence-electron chi connectivity index (χ0n) is 13.6. The summed E-state index contributed by atoms with van der Waals surface area (Å²) in [4.78, 5) is 2.64. The molecule has 1 saturated heterocycles. The Morgan fingerprint density at radius 1 is 1.27 bits per heavy atom. The number of piperidine rings is 1. The van der Waals surface area contributed by atoms with Gasteiger partial charge < -0.3 is 4.74 Å². The third-order valence-corrected chi connectivity index (χ3v) is 5.68. The van der Waals surface area contributed by atoms with E-state index in [0.717, 1.165) is 18.7 Å². The molecule has 0 bridgehead atoms. The smallest absolute Gasteiger partial charge is 0.240 e. The maximum absolute atomic E-state index is 12.4. The average Bonchev–Trinajstić information content (AvgIpc) is 2.53. The van der Waals surface area contributed by atoms with E-state index in [1.54, 1.807) is 25.3 Å². The maximum atomic E-state index is 12.4. The molecule has 0 aromatic heterocycles. The third kappa shape index (κ3) is 4.21. The van der Waals surface area contributed by atoms with Gasteiger partial charge in [-0.2, -0.15) is 0 Å². The Hall–Kier alpha value is -1.11. The highest BCUT2D eigenvalue weighted by Crippen LogP contribution is 2.21. The summed E-state index contributed by atoms with van der Waals surface area (Å²) in [6, 6.07) is 5.14. The van der Waals surface area contributed by atoms with E-state index in [-0.39, 0.29) is 10.9 Å². The fourth-order valence-corrected chi connectivity index (χ4v) is 4.03. The lowest BCUT2D eigenvalue weighted by atomic mass is 10.1. The van der Waals surface area contributed by atoms with Gasteiger partial charge in [-0.1, -0.05) is 6.42 Å². The van der Waals surface area contributed by atoms with Crippen molar-refractivity contribution in [2.45, 2.75) is 44.0 Å². The first-order valence-corrected chi connectivity index (χ1v) is 9.30. The van der Waals surface area contributed by atoms with Gasteiger partial charge in [-0.3, -0.25) is 4.90 Å². The highest BCUT2D eigenvalue weighted by Gasteiger charge is 2.20. The molecule has 1 aliphatic heterocycles. The molecule has 2 rings (SSSR count). The number of nitrogens with one attached hydrogen (secondary N) is 1. The van der Waals surface area contributed by atoms with Crippen LogP contribution in [0.15, 0.2) is 23.1 Å². The fourth-order valence-electron chi connectivity index (χ4n) is 2.82. The van der Waals surface area contributed by atoms with Crippen molar-refractivity contribution < 1.29 is 13.2 Å². The molecule has 1 aliphatic rings. The van der Waals surface area contributed by atoms with Crippen LogP contribution in [0.3, 0.4) is 0 Å². The molecule has 1 fully saturated rings. The standard InChI is InChI=1S/C16H26N2O3S/c1-13-11-15(7-8-16(13)21-3)22(19,20)17-12-14(2)18-9-5-4-6-10-18/h7-8,11,14,17H,4-6,9-10,12H2,1-3H3. The van der Waals surface area contributed by atoms with Crippen LogP contribution in [0.4, 0.5) is 0 Å². The summed E-state index contributed by atoms with van der Waals surface area (Å²) in [6.07, 6.45) is 3.68. The number of aryl methyl sites for hydroxylation is 1. The van der Waals surface area contributed by atoms with Crippen LogP contribution < -0.4 is 9.46 Å². The van der Waals surface area contributed by atoms with Crippen LogP contribution in [-0.2, 0) is 10.0 Å². The minimum Gasteiger partial charge on any atom is -0.496 e. The first-order valence-electron chi connectivity index (χ1n) is 7.82. The highest BCUT2D eigenvalue weighted by atomic mass is 32.2. The highest BCUT2D eigenvalue weighted by molar-refractivity contribution is 7.89. The number of sulfonamides is 1. The molecule has 1 heterocycles. The molecular weight excluding hydrogens is 300 g/mol. The van der Waals surface area contributed by atoms with Crippen molar-refractivity contribution in [3.05, 3.63) is 23.8 Å². The second-order valence-corrected chi connectivity index (χ2v) is 7.70. The number of nitrogens with zero attached hydrogens (tertiary/aromatic N) is 1. The number of likely N-dealkylation sites (tertiary alicyclic amines) is 1. The normalized spacial score (nSPS) is 18.1. The molecule has 1 aromatic carbocycles. The summed E-state index contributed by atoms with van der Waals surface area (Å²) in [6.45, 7) is 6.48. The van der Waals surface area contributed by atoms with Gasteiger partial charge in [0.05, 0.1) is 12.0 Å². The summed E-state index contributed by atoms with van der Waals surface area (Å²) in [5, 5.41) is 0. The quantitative estimate of drug-likeness (QED) is 0.870. The fraction of sp³-hybridized carbons (Fsp3) is 0.625. The number of benzene rings is 1. The van der Waals surface area contributed by atoms with Crippen molar-refractivity contribution in [1.82, 2.24) is 9.62 Å². The van der Waals surface area contributed by atoms with E-state index in [1.165, 1.54) is 19.3 Å². The van der Waals surface area contributed by atoms with Crippen LogP contribution in [0.5, 0.6) is 5.75 Å². The molecule has 124 valence electrons. The molecule has 0 amide bonds. The van der Waals surface area contributed by atoms with E-state index in [9.17, 15) is 8.42 Å². The monoisotopic (exact) mass is 326 g/mol. The van der Waals surface area contributed by atoms with E-state index in [0.29, 0.717) is 12.3 Å². The van der Waals surface area contributed by atoms with Crippen LogP contribution in [0.25, 0.3) is 0 Å². The molecule has 1 N–H and O–H groups in total. The van der Waals surface area contributed by atoms with Crippen LogP contribution in [0, 0.1) is 6.92 Å². The molecule has 1 aromatic rings. The SMILES string of the molecule is COc1ccc(S(=O)(=O)NCC(C)N2CCCCC2)cc1C. The summed E-state index contributed by atoms with van der Waals surface area (Å²) < 4.78 is 32.7. The van der Waals surface area contributed by atoms with Gasteiger partial charge in [0.15, 0.2) is 0 Å². The second-order valence-electron chi connectivity index (χ2n) is 5.93. The Morgan fingerprint density at radius 2 is 1.95 bits per heavy atom. The van der Waals surface area contributed by atoms with Crippen molar-refractivity contribution in [3.63, 3.8) is 0 Å². The van der Waals surface area contributed by atoms with Crippen LogP contribution in [-0.4, -0.2) is 46.1 Å². The van der Waals surface area contributed by atoms with E-state index < -0.39 is 10.0 Å².